The number of nitrogens with one attached hydrogen (secondary N) is 1. The van der Waals surface area contributed by atoms with E-state index in [1.165, 1.54) is 28.8 Å². The summed E-state index contributed by atoms with van der Waals surface area (Å²) < 4.78 is 0.519. The third-order valence-corrected chi connectivity index (χ3v) is 6.80. The van der Waals surface area contributed by atoms with E-state index in [0.29, 0.717) is 21.3 Å². The van der Waals surface area contributed by atoms with Crippen LogP contribution in [0.3, 0.4) is 0 Å². The molecule has 9 heteroatoms. The number of rotatable bonds is 6. The summed E-state index contributed by atoms with van der Waals surface area (Å²) in [5, 5.41) is 2.58. The van der Waals surface area contributed by atoms with Crippen molar-refractivity contribution in [3.05, 3.63) is 94.4 Å². The van der Waals surface area contributed by atoms with Gasteiger partial charge in [-0.2, -0.15) is 0 Å². The first-order valence-corrected chi connectivity index (χ1v) is 11.9. The van der Waals surface area contributed by atoms with E-state index >= 15 is 0 Å². The Hall–Kier alpha value is -3.40. The Kier molecular flexibility index (Phi) is 7.16. The molecular formula is C25H19N3O3S3. The molecule has 0 aliphatic carbocycles. The van der Waals surface area contributed by atoms with Crippen molar-refractivity contribution in [1.82, 2.24) is 15.1 Å². The summed E-state index contributed by atoms with van der Waals surface area (Å²) >= 11 is 11.7. The van der Waals surface area contributed by atoms with E-state index in [1.807, 2.05) is 42.5 Å². The maximum atomic E-state index is 12.9. The fourth-order valence-corrected chi connectivity index (χ4v) is 4.90. The van der Waals surface area contributed by atoms with E-state index in [1.54, 1.807) is 23.1 Å². The van der Waals surface area contributed by atoms with Crippen molar-refractivity contribution in [3.63, 3.8) is 0 Å². The van der Waals surface area contributed by atoms with Crippen LogP contribution in [0.25, 0.3) is 12.2 Å². The lowest BCUT2D eigenvalue weighted by Crippen LogP contribution is -2.53. The van der Waals surface area contributed by atoms with E-state index in [0.717, 1.165) is 11.1 Å². The number of carbonyl (C=O) groups is 3. The first-order valence-electron chi connectivity index (χ1n) is 10.3. The van der Waals surface area contributed by atoms with E-state index in [4.69, 9.17) is 24.4 Å². The van der Waals surface area contributed by atoms with Crippen LogP contribution in [0.1, 0.15) is 16.7 Å². The highest BCUT2D eigenvalue weighted by Gasteiger charge is 2.33. The first-order chi connectivity index (χ1) is 16.4. The normalized spacial score (nSPS) is 18.8. The van der Waals surface area contributed by atoms with Crippen LogP contribution in [0.2, 0.25) is 0 Å². The molecule has 0 spiro atoms. The van der Waals surface area contributed by atoms with Crippen molar-refractivity contribution in [2.45, 2.75) is 6.54 Å². The minimum Gasteiger partial charge on any atom is -0.298 e. The van der Waals surface area contributed by atoms with Crippen LogP contribution in [0.5, 0.6) is 0 Å². The summed E-state index contributed by atoms with van der Waals surface area (Å²) in [7, 11) is 0. The van der Waals surface area contributed by atoms with Gasteiger partial charge in [-0.3, -0.25) is 29.5 Å². The summed E-state index contributed by atoms with van der Waals surface area (Å²) in [4.78, 5) is 41.2. The molecule has 0 radical (unpaired) electrons. The fraction of sp³-hybridized carbons (Fsp3) is 0.0800. The molecule has 170 valence electrons. The van der Waals surface area contributed by atoms with Crippen molar-refractivity contribution in [2.75, 3.05) is 6.54 Å². The Balaban J connectivity index is 1.50. The number of nitrogens with zero attached hydrogens (tertiary/aromatic N) is 2. The van der Waals surface area contributed by atoms with E-state index < -0.39 is 11.8 Å². The van der Waals surface area contributed by atoms with E-state index in [-0.39, 0.29) is 23.1 Å². The molecule has 2 aromatic rings. The zero-order valence-electron chi connectivity index (χ0n) is 17.9. The third kappa shape index (κ3) is 5.06. The molecule has 0 saturated carbocycles. The monoisotopic (exact) mass is 505 g/mol. The quantitative estimate of drug-likeness (QED) is 0.278. The van der Waals surface area contributed by atoms with Crippen LogP contribution in [0, 0.1) is 0 Å². The van der Waals surface area contributed by atoms with Crippen LogP contribution in [-0.2, 0) is 20.9 Å². The summed E-state index contributed by atoms with van der Waals surface area (Å²) in [5.74, 6) is -1.14. The maximum Gasteiger partial charge on any atom is 0.266 e. The highest BCUT2D eigenvalue weighted by molar-refractivity contribution is 8.26. The van der Waals surface area contributed by atoms with Crippen molar-refractivity contribution in [2.24, 2.45) is 0 Å². The topological polar surface area (TPSA) is 69.7 Å². The molecule has 6 nitrogen and oxygen atoms in total. The van der Waals surface area contributed by atoms with Crippen LogP contribution < -0.4 is 5.32 Å². The van der Waals surface area contributed by atoms with Gasteiger partial charge in [0.05, 0.1) is 11.4 Å². The Morgan fingerprint density at radius 1 is 0.882 bits per heavy atom. The number of thiocarbonyl (C=S) groups is 2. The van der Waals surface area contributed by atoms with Gasteiger partial charge >= 0.3 is 0 Å². The number of hydrogen-bond donors (Lipinski definition) is 1. The van der Waals surface area contributed by atoms with Crippen LogP contribution in [0.4, 0.5) is 0 Å². The third-order valence-electron chi connectivity index (χ3n) is 5.10. The summed E-state index contributed by atoms with van der Waals surface area (Å²) in [6, 6.07) is 16.9. The second kappa shape index (κ2) is 10.3. The standard InChI is InChI=1S/C25H19N3O3S3/c1-2-12-27-22(30)19(21(29)26-24(27)32)13-16-8-10-17(11-9-16)14-20-23(31)28(25(33)34-20)15-18-6-4-3-5-7-18/h2-11,13-14H,1,12,15H2,(H,26,29,32). The molecule has 2 fully saturated rings. The molecule has 2 aromatic carbocycles. The lowest BCUT2D eigenvalue weighted by Gasteiger charge is -2.27. The number of amides is 3. The molecule has 4 rings (SSSR count). The van der Waals surface area contributed by atoms with Crippen molar-refractivity contribution >= 4 is 75.5 Å². The minimum atomic E-state index is -0.540. The predicted octanol–water partition coefficient (Wildman–Crippen LogP) is 3.90. The maximum absolute atomic E-state index is 12.9. The number of carbonyl (C=O) groups excluding carboxylic acids is 3. The van der Waals surface area contributed by atoms with Gasteiger partial charge in [0.25, 0.3) is 17.7 Å². The van der Waals surface area contributed by atoms with Crippen molar-refractivity contribution in [3.8, 4) is 0 Å². The molecule has 0 aromatic heterocycles. The molecule has 0 unspecified atom stereocenters. The zero-order valence-corrected chi connectivity index (χ0v) is 20.3. The highest BCUT2D eigenvalue weighted by Crippen LogP contribution is 2.33. The number of benzene rings is 2. The average molecular weight is 506 g/mol. The predicted molar refractivity (Wildman–Crippen MR) is 142 cm³/mol. The number of hydrogen-bond acceptors (Lipinski definition) is 6. The Labute approximate surface area is 212 Å². The Bertz CT molecular complexity index is 1270. The molecule has 2 aliphatic rings. The summed E-state index contributed by atoms with van der Waals surface area (Å²) in [6.07, 6.45) is 4.83. The van der Waals surface area contributed by atoms with Crippen LogP contribution in [0.15, 0.2) is 77.7 Å². The lowest BCUT2D eigenvalue weighted by molar-refractivity contribution is -0.128. The van der Waals surface area contributed by atoms with Gasteiger partial charge in [0, 0.05) is 6.54 Å². The zero-order chi connectivity index (χ0) is 24.2. The lowest BCUT2D eigenvalue weighted by atomic mass is 10.1. The molecule has 34 heavy (non-hydrogen) atoms. The molecular weight excluding hydrogens is 486 g/mol. The van der Waals surface area contributed by atoms with Gasteiger partial charge < -0.3 is 0 Å². The van der Waals surface area contributed by atoms with Gasteiger partial charge in [-0.25, -0.2) is 0 Å². The van der Waals surface area contributed by atoms with Crippen LogP contribution >= 0.6 is 36.2 Å². The van der Waals surface area contributed by atoms with Gasteiger partial charge in [0.1, 0.15) is 9.89 Å². The molecule has 3 amide bonds. The highest BCUT2D eigenvalue weighted by atomic mass is 32.2. The molecule has 1 N–H and O–H groups in total. The van der Waals surface area contributed by atoms with E-state index in [9.17, 15) is 14.4 Å². The average Bonchev–Trinajstić information content (AvgIpc) is 3.08. The SMILES string of the molecule is C=CCN1C(=O)C(=Cc2ccc(C=C3SC(=S)N(Cc4ccccc4)C3=O)cc2)C(=O)NC1=S. The second-order valence-corrected chi connectivity index (χ2v) is 9.50. The van der Waals surface area contributed by atoms with Crippen molar-refractivity contribution in [1.29, 1.82) is 0 Å². The largest absolute Gasteiger partial charge is 0.298 e. The molecule has 2 aliphatic heterocycles. The van der Waals surface area contributed by atoms with E-state index in [2.05, 4.69) is 11.9 Å². The fourth-order valence-electron chi connectivity index (χ4n) is 3.40. The molecule has 2 heterocycles. The summed E-state index contributed by atoms with van der Waals surface area (Å²) in [6.45, 7) is 4.24. The van der Waals surface area contributed by atoms with Gasteiger partial charge in [0.15, 0.2) is 5.11 Å². The minimum absolute atomic E-state index is 0.00927. The Morgan fingerprint density at radius 2 is 1.53 bits per heavy atom. The number of thioether (sulfide) groups is 1. The molecule has 0 atom stereocenters. The smallest absolute Gasteiger partial charge is 0.266 e. The van der Waals surface area contributed by atoms with Gasteiger partial charge in [-0.05, 0) is 41.1 Å². The Morgan fingerprint density at radius 3 is 2.18 bits per heavy atom. The van der Waals surface area contributed by atoms with Gasteiger partial charge in [-0.1, -0.05) is 84.7 Å². The van der Waals surface area contributed by atoms with Gasteiger partial charge in [-0.15, -0.1) is 6.58 Å². The van der Waals surface area contributed by atoms with Crippen molar-refractivity contribution < 1.29 is 14.4 Å². The summed E-state index contributed by atoms with van der Waals surface area (Å²) in [5.41, 5.74) is 2.46. The second-order valence-electron chi connectivity index (χ2n) is 7.44. The molecule has 0 bridgehead atoms. The van der Waals surface area contributed by atoms with Gasteiger partial charge in [0.2, 0.25) is 0 Å². The first kappa shape index (κ1) is 23.7. The molecule has 2 saturated heterocycles. The van der Waals surface area contributed by atoms with Crippen LogP contribution in [-0.4, -0.2) is 43.5 Å².